The summed E-state index contributed by atoms with van der Waals surface area (Å²) in [6.45, 7) is 6.46. The maximum absolute atomic E-state index is 12.2. The van der Waals surface area contributed by atoms with Gasteiger partial charge in [0.05, 0.1) is 12.7 Å². The van der Waals surface area contributed by atoms with Crippen molar-refractivity contribution in [1.29, 1.82) is 0 Å². The lowest BCUT2D eigenvalue weighted by Crippen LogP contribution is -2.39. The van der Waals surface area contributed by atoms with Gasteiger partial charge in [0.2, 0.25) is 0 Å². The van der Waals surface area contributed by atoms with Crippen molar-refractivity contribution in [3.05, 3.63) is 29.3 Å². The Morgan fingerprint density at radius 1 is 1.44 bits per heavy atom. The number of amides is 1. The molecule has 0 aliphatic rings. The minimum absolute atomic E-state index is 0.0349. The van der Waals surface area contributed by atoms with Crippen molar-refractivity contribution in [1.82, 2.24) is 5.32 Å². The molecule has 4 heteroatoms. The zero-order valence-corrected chi connectivity index (χ0v) is 11.5. The second kappa shape index (κ2) is 6.40. The number of carbonyl (C=O) groups excluding carboxylic acids is 1. The normalized spacial score (nSPS) is 13.8. The zero-order valence-electron chi connectivity index (χ0n) is 11.5. The first-order chi connectivity index (χ1) is 8.49. The van der Waals surface area contributed by atoms with E-state index in [0.717, 1.165) is 5.56 Å². The molecule has 100 valence electrons. The summed E-state index contributed by atoms with van der Waals surface area (Å²) < 4.78 is 5.20. The Bertz CT molecular complexity index is 418. The summed E-state index contributed by atoms with van der Waals surface area (Å²) in [6.07, 6.45) is 0. The number of carbonyl (C=O) groups is 1. The Hall–Kier alpha value is -1.55. The van der Waals surface area contributed by atoms with Crippen LogP contribution in [0.1, 0.15) is 29.8 Å². The number of ether oxygens (including phenoxy) is 1. The number of hydrogen-bond acceptors (Lipinski definition) is 3. The molecule has 1 aromatic rings. The average molecular weight is 250 g/mol. The van der Waals surface area contributed by atoms with Crippen molar-refractivity contribution in [2.75, 3.05) is 13.7 Å². The number of rotatable bonds is 5. The monoisotopic (exact) mass is 250 g/mol. The van der Waals surface area contributed by atoms with E-state index in [9.17, 15) is 4.79 Å². The Morgan fingerprint density at radius 2 is 2.11 bits per heavy atom. The number of benzene rings is 1. The van der Waals surface area contributed by atoms with E-state index in [1.165, 1.54) is 0 Å². The second-order valence-corrected chi connectivity index (χ2v) is 4.68. The Kier molecular flexibility index (Phi) is 5.16. The van der Waals surface area contributed by atoms with Crippen LogP contribution in [0, 0.1) is 12.8 Å². The van der Waals surface area contributed by atoms with Crippen LogP contribution in [-0.2, 0) is 0 Å². The first kappa shape index (κ1) is 14.5. The molecule has 0 saturated heterocycles. The van der Waals surface area contributed by atoms with Gasteiger partial charge in [-0.1, -0.05) is 18.6 Å². The molecule has 1 aromatic carbocycles. The van der Waals surface area contributed by atoms with Crippen molar-refractivity contribution in [2.24, 2.45) is 11.7 Å². The lowest BCUT2D eigenvalue weighted by molar-refractivity contribution is 0.0926. The molecule has 2 atom stereocenters. The van der Waals surface area contributed by atoms with Crippen LogP contribution in [0.15, 0.2) is 18.2 Å². The van der Waals surface area contributed by atoms with Gasteiger partial charge < -0.3 is 15.8 Å². The molecule has 0 aliphatic heterocycles. The predicted octanol–water partition coefficient (Wildman–Crippen LogP) is 1.72. The van der Waals surface area contributed by atoms with Crippen LogP contribution >= 0.6 is 0 Å². The van der Waals surface area contributed by atoms with Crippen LogP contribution in [0.2, 0.25) is 0 Å². The lowest BCUT2D eigenvalue weighted by atomic mass is 10.0. The Labute approximate surface area is 109 Å². The van der Waals surface area contributed by atoms with Crippen molar-refractivity contribution in [3.8, 4) is 5.75 Å². The molecule has 1 amide bonds. The fourth-order valence-corrected chi connectivity index (χ4v) is 1.63. The number of aryl methyl sites for hydroxylation is 1. The molecule has 0 aromatic heterocycles. The molecule has 3 N–H and O–H groups in total. The van der Waals surface area contributed by atoms with Crippen LogP contribution in [0.4, 0.5) is 0 Å². The van der Waals surface area contributed by atoms with Crippen LogP contribution in [0.25, 0.3) is 0 Å². The number of methoxy groups -OCH3 is 1. The van der Waals surface area contributed by atoms with Gasteiger partial charge in [0.25, 0.3) is 5.91 Å². The lowest BCUT2D eigenvalue weighted by Gasteiger charge is -2.20. The smallest absolute Gasteiger partial charge is 0.255 e. The van der Waals surface area contributed by atoms with E-state index >= 15 is 0 Å². The third-order valence-corrected chi connectivity index (χ3v) is 3.18. The van der Waals surface area contributed by atoms with Gasteiger partial charge in [-0.2, -0.15) is 0 Å². The van der Waals surface area contributed by atoms with Crippen molar-refractivity contribution in [3.63, 3.8) is 0 Å². The largest absolute Gasteiger partial charge is 0.496 e. The number of nitrogens with two attached hydrogens (primary N) is 1. The highest BCUT2D eigenvalue weighted by Gasteiger charge is 2.17. The van der Waals surface area contributed by atoms with Crippen molar-refractivity contribution < 1.29 is 9.53 Å². The zero-order chi connectivity index (χ0) is 13.7. The Balaban J connectivity index is 2.87. The van der Waals surface area contributed by atoms with Crippen molar-refractivity contribution in [2.45, 2.75) is 26.8 Å². The van der Waals surface area contributed by atoms with E-state index in [0.29, 0.717) is 17.9 Å². The molecule has 0 spiro atoms. The molecule has 0 fully saturated rings. The summed E-state index contributed by atoms with van der Waals surface area (Å²) in [5.41, 5.74) is 7.18. The second-order valence-electron chi connectivity index (χ2n) is 4.68. The summed E-state index contributed by atoms with van der Waals surface area (Å²) in [7, 11) is 1.56. The molecule has 0 bridgehead atoms. The summed E-state index contributed by atoms with van der Waals surface area (Å²) >= 11 is 0. The van der Waals surface area contributed by atoms with E-state index in [4.69, 9.17) is 10.5 Å². The first-order valence-corrected chi connectivity index (χ1v) is 6.15. The van der Waals surface area contributed by atoms with Gasteiger partial charge in [0, 0.05) is 6.04 Å². The highest BCUT2D eigenvalue weighted by Crippen LogP contribution is 2.19. The van der Waals surface area contributed by atoms with Crippen LogP contribution in [-0.4, -0.2) is 25.6 Å². The van der Waals surface area contributed by atoms with Crippen LogP contribution in [0.5, 0.6) is 5.75 Å². The molecule has 18 heavy (non-hydrogen) atoms. The Morgan fingerprint density at radius 3 is 2.67 bits per heavy atom. The van der Waals surface area contributed by atoms with E-state index in [2.05, 4.69) is 5.32 Å². The molecule has 1 rings (SSSR count). The van der Waals surface area contributed by atoms with Gasteiger partial charge >= 0.3 is 0 Å². The number of nitrogens with one attached hydrogen (secondary N) is 1. The molecule has 4 nitrogen and oxygen atoms in total. The van der Waals surface area contributed by atoms with Crippen molar-refractivity contribution >= 4 is 5.91 Å². The third-order valence-electron chi connectivity index (χ3n) is 3.18. The number of hydrogen-bond donors (Lipinski definition) is 2. The summed E-state index contributed by atoms with van der Waals surface area (Å²) in [5, 5.41) is 2.95. The third kappa shape index (κ3) is 3.47. The van der Waals surface area contributed by atoms with Gasteiger partial charge in [0.15, 0.2) is 0 Å². The van der Waals surface area contributed by atoms with Gasteiger partial charge in [0.1, 0.15) is 5.75 Å². The molecule has 0 heterocycles. The van der Waals surface area contributed by atoms with E-state index in [-0.39, 0.29) is 17.9 Å². The van der Waals surface area contributed by atoms with Gasteiger partial charge in [-0.3, -0.25) is 4.79 Å². The predicted molar refractivity (Wildman–Crippen MR) is 72.9 cm³/mol. The molecular formula is C14H22N2O2. The van der Waals surface area contributed by atoms with Gasteiger partial charge in [-0.15, -0.1) is 0 Å². The molecule has 0 saturated carbocycles. The summed E-state index contributed by atoms with van der Waals surface area (Å²) in [4.78, 5) is 12.2. The fraction of sp³-hybridized carbons (Fsp3) is 0.500. The minimum atomic E-state index is -0.122. The highest BCUT2D eigenvalue weighted by molar-refractivity contribution is 5.97. The molecule has 0 radical (unpaired) electrons. The standard InChI is InChI=1S/C14H22N2O2/c1-9-5-6-13(18-4)12(7-9)14(17)16-11(3)10(2)8-15/h5-7,10-11H,8,15H2,1-4H3,(H,16,17). The summed E-state index contributed by atoms with van der Waals surface area (Å²) in [6, 6.07) is 5.59. The SMILES string of the molecule is COc1ccc(C)cc1C(=O)NC(C)C(C)CN. The van der Waals surface area contributed by atoms with Gasteiger partial charge in [-0.05, 0) is 38.4 Å². The van der Waals surface area contributed by atoms with E-state index in [1.807, 2.05) is 32.9 Å². The average Bonchev–Trinajstić information content (AvgIpc) is 2.37. The highest BCUT2D eigenvalue weighted by atomic mass is 16.5. The summed E-state index contributed by atoms with van der Waals surface area (Å²) in [5.74, 6) is 0.707. The van der Waals surface area contributed by atoms with Crippen LogP contribution in [0.3, 0.4) is 0 Å². The minimum Gasteiger partial charge on any atom is -0.496 e. The molecular weight excluding hydrogens is 228 g/mol. The van der Waals surface area contributed by atoms with Gasteiger partial charge in [-0.25, -0.2) is 0 Å². The fourth-order valence-electron chi connectivity index (χ4n) is 1.63. The maximum atomic E-state index is 12.2. The molecule has 0 aliphatic carbocycles. The van der Waals surface area contributed by atoms with E-state index in [1.54, 1.807) is 13.2 Å². The quantitative estimate of drug-likeness (QED) is 0.836. The van der Waals surface area contributed by atoms with Crippen LogP contribution < -0.4 is 15.8 Å². The maximum Gasteiger partial charge on any atom is 0.255 e. The topological polar surface area (TPSA) is 64.3 Å². The van der Waals surface area contributed by atoms with E-state index < -0.39 is 0 Å². The first-order valence-electron chi connectivity index (χ1n) is 6.15. The molecule has 2 unspecified atom stereocenters.